The summed E-state index contributed by atoms with van der Waals surface area (Å²) in [5.41, 5.74) is 1.13. The lowest BCUT2D eigenvalue weighted by Crippen LogP contribution is -2.30. The monoisotopic (exact) mass is 174 g/mol. The molecule has 65 valence electrons. The van der Waals surface area contributed by atoms with Crippen molar-refractivity contribution in [3.63, 3.8) is 0 Å². The Bertz CT molecular complexity index is 302. The molecule has 0 spiro atoms. The van der Waals surface area contributed by atoms with Crippen LogP contribution in [0, 0.1) is 0 Å². The lowest BCUT2D eigenvalue weighted by atomic mass is 10.1. The fourth-order valence-electron chi connectivity index (χ4n) is 1.32. The minimum absolute atomic E-state index is 0.205. The van der Waals surface area contributed by atoms with E-state index in [1.54, 1.807) is 0 Å². The van der Waals surface area contributed by atoms with E-state index in [4.69, 9.17) is 0 Å². The zero-order valence-corrected chi connectivity index (χ0v) is 7.07. The molecule has 13 heavy (non-hydrogen) atoms. The van der Waals surface area contributed by atoms with Gasteiger partial charge >= 0.3 is 13.6 Å². The van der Waals surface area contributed by atoms with Crippen LogP contribution in [0.3, 0.4) is 0 Å². The van der Waals surface area contributed by atoms with Crippen molar-refractivity contribution < 1.29 is 9.45 Å². The van der Waals surface area contributed by atoms with Crippen molar-refractivity contribution in [3.05, 3.63) is 35.9 Å². The third-order valence-corrected chi connectivity index (χ3v) is 2.01. The third kappa shape index (κ3) is 1.90. The van der Waals surface area contributed by atoms with Gasteiger partial charge in [-0.25, -0.2) is 0 Å². The average Bonchev–Trinajstić information content (AvgIpc) is 2.54. The summed E-state index contributed by atoms with van der Waals surface area (Å²) in [7, 11) is 1.34. The molecular weight excluding hydrogens is 165 g/mol. The van der Waals surface area contributed by atoms with E-state index in [1.165, 1.54) is 7.62 Å². The Balaban J connectivity index is 2.02. The average molecular weight is 174 g/mol. The standard InChI is InChI=1S/C9H9BNO2/c12-9-8(11-10-13-9)6-7-4-2-1-3-5-7/h1-5,8,11H,6H2/t8-/m0/s1. The van der Waals surface area contributed by atoms with Crippen LogP contribution in [-0.2, 0) is 15.9 Å². The van der Waals surface area contributed by atoms with E-state index in [0.717, 1.165) is 5.56 Å². The number of hydrogen-bond acceptors (Lipinski definition) is 3. The second-order valence-corrected chi connectivity index (χ2v) is 2.96. The first-order chi connectivity index (χ1) is 6.36. The zero-order chi connectivity index (χ0) is 9.10. The lowest BCUT2D eigenvalue weighted by Gasteiger charge is -2.05. The molecule has 1 aromatic carbocycles. The maximum atomic E-state index is 11.1. The summed E-state index contributed by atoms with van der Waals surface area (Å²) >= 11 is 0. The normalized spacial score (nSPS) is 20.9. The molecular formula is C9H9BNO2. The van der Waals surface area contributed by atoms with Crippen molar-refractivity contribution in [2.24, 2.45) is 0 Å². The number of hydrogen-bond donors (Lipinski definition) is 1. The molecule has 0 aliphatic carbocycles. The Kier molecular flexibility index (Phi) is 2.32. The maximum absolute atomic E-state index is 11.1. The molecule has 1 aliphatic rings. The van der Waals surface area contributed by atoms with Gasteiger partial charge < -0.3 is 9.88 Å². The van der Waals surface area contributed by atoms with Gasteiger partial charge in [-0.15, -0.1) is 0 Å². The molecule has 1 radical (unpaired) electrons. The Morgan fingerprint density at radius 2 is 2.15 bits per heavy atom. The first kappa shape index (κ1) is 8.32. The predicted octanol–water partition coefficient (Wildman–Crippen LogP) is 0.278. The van der Waals surface area contributed by atoms with Gasteiger partial charge in [0.05, 0.1) is 0 Å². The molecule has 1 N–H and O–H groups in total. The maximum Gasteiger partial charge on any atom is 0.480 e. The number of carbonyl (C=O) groups is 1. The van der Waals surface area contributed by atoms with Crippen LogP contribution in [0.15, 0.2) is 30.3 Å². The van der Waals surface area contributed by atoms with Gasteiger partial charge in [0.15, 0.2) is 0 Å². The largest absolute Gasteiger partial charge is 0.520 e. The zero-order valence-electron chi connectivity index (χ0n) is 7.07. The summed E-state index contributed by atoms with van der Waals surface area (Å²) < 4.78 is 4.66. The predicted molar refractivity (Wildman–Crippen MR) is 48.9 cm³/mol. The minimum atomic E-state index is -0.220. The van der Waals surface area contributed by atoms with Gasteiger partial charge in [0.2, 0.25) is 0 Å². The molecule has 0 unspecified atom stereocenters. The molecule has 1 heterocycles. The van der Waals surface area contributed by atoms with E-state index in [2.05, 4.69) is 9.88 Å². The van der Waals surface area contributed by atoms with Crippen molar-refractivity contribution in [2.75, 3.05) is 0 Å². The van der Waals surface area contributed by atoms with Gasteiger partial charge in [0.25, 0.3) is 0 Å². The highest BCUT2D eigenvalue weighted by Gasteiger charge is 2.27. The summed E-state index contributed by atoms with van der Waals surface area (Å²) in [5.74, 6) is -0.205. The van der Waals surface area contributed by atoms with Crippen LogP contribution in [0.2, 0.25) is 0 Å². The summed E-state index contributed by atoms with van der Waals surface area (Å²) in [5, 5.41) is 2.86. The van der Waals surface area contributed by atoms with Crippen molar-refractivity contribution >= 4 is 13.6 Å². The molecule has 4 heteroatoms. The van der Waals surface area contributed by atoms with E-state index in [0.29, 0.717) is 6.42 Å². The molecule has 0 saturated carbocycles. The molecule has 0 aromatic heterocycles. The number of rotatable bonds is 2. The van der Waals surface area contributed by atoms with Gasteiger partial charge in [-0.2, -0.15) is 0 Å². The van der Waals surface area contributed by atoms with Crippen LogP contribution < -0.4 is 5.23 Å². The molecule has 0 amide bonds. The molecule has 1 fully saturated rings. The summed E-state index contributed by atoms with van der Waals surface area (Å²) in [6.07, 6.45) is 0.677. The Labute approximate surface area is 77.4 Å². The highest BCUT2D eigenvalue weighted by molar-refractivity contribution is 6.31. The van der Waals surface area contributed by atoms with Crippen molar-refractivity contribution in [1.82, 2.24) is 5.23 Å². The fraction of sp³-hybridized carbons (Fsp3) is 0.222. The molecule has 3 nitrogen and oxygen atoms in total. The fourth-order valence-corrected chi connectivity index (χ4v) is 1.32. The summed E-state index contributed by atoms with van der Waals surface area (Å²) in [6.45, 7) is 0. The van der Waals surface area contributed by atoms with E-state index in [9.17, 15) is 4.79 Å². The van der Waals surface area contributed by atoms with Crippen molar-refractivity contribution in [3.8, 4) is 0 Å². The van der Waals surface area contributed by atoms with Crippen molar-refractivity contribution in [2.45, 2.75) is 12.5 Å². The number of nitrogens with one attached hydrogen (secondary N) is 1. The Morgan fingerprint density at radius 3 is 2.77 bits per heavy atom. The molecule has 1 aliphatic heterocycles. The van der Waals surface area contributed by atoms with Crippen LogP contribution in [-0.4, -0.2) is 19.6 Å². The summed E-state index contributed by atoms with van der Waals surface area (Å²) in [4.78, 5) is 11.1. The highest BCUT2D eigenvalue weighted by atomic mass is 16.5. The number of carbonyl (C=O) groups excluding carboxylic acids is 1. The molecule has 1 saturated heterocycles. The van der Waals surface area contributed by atoms with E-state index in [-0.39, 0.29) is 12.0 Å². The van der Waals surface area contributed by atoms with Gasteiger partial charge in [0, 0.05) is 0 Å². The number of benzene rings is 1. The van der Waals surface area contributed by atoms with Crippen LogP contribution in [0.1, 0.15) is 5.56 Å². The molecule has 2 rings (SSSR count). The van der Waals surface area contributed by atoms with Gasteiger partial charge in [0.1, 0.15) is 6.04 Å². The topological polar surface area (TPSA) is 38.3 Å². The third-order valence-electron chi connectivity index (χ3n) is 2.01. The first-order valence-corrected chi connectivity index (χ1v) is 4.18. The highest BCUT2D eigenvalue weighted by Crippen LogP contribution is 2.06. The quantitative estimate of drug-likeness (QED) is 0.654. The van der Waals surface area contributed by atoms with E-state index in [1.807, 2.05) is 30.3 Å². The smallest absolute Gasteiger partial charge is 0.480 e. The van der Waals surface area contributed by atoms with E-state index >= 15 is 0 Å². The lowest BCUT2D eigenvalue weighted by molar-refractivity contribution is -0.133. The van der Waals surface area contributed by atoms with Gasteiger partial charge in [-0.3, -0.25) is 4.79 Å². The first-order valence-electron chi connectivity index (χ1n) is 4.18. The van der Waals surface area contributed by atoms with Crippen molar-refractivity contribution in [1.29, 1.82) is 0 Å². The SMILES string of the molecule is O=C1O[B]N[C@H]1Cc1ccccc1. The second kappa shape index (κ2) is 3.62. The molecule has 1 atom stereocenters. The van der Waals surface area contributed by atoms with Gasteiger partial charge in [-0.05, 0) is 12.0 Å². The van der Waals surface area contributed by atoms with Crippen LogP contribution in [0.25, 0.3) is 0 Å². The van der Waals surface area contributed by atoms with E-state index < -0.39 is 0 Å². The van der Waals surface area contributed by atoms with Crippen LogP contribution >= 0.6 is 0 Å². The minimum Gasteiger partial charge on any atom is -0.520 e. The second-order valence-electron chi connectivity index (χ2n) is 2.96. The van der Waals surface area contributed by atoms with Gasteiger partial charge in [-0.1, -0.05) is 30.3 Å². The summed E-state index contributed by atoms with van der Waals surface area (Å²) in [6, 6.07) is 9.64. The van der Waals surface area contributed by atoms with Crippen LogP contribution in [0.5, 0.6) is 0 Å². The Morgan fingerprint density at radius 1 is 1.38 bits per heavy atom. The molecule has 0 bridgehead atoms. The molecule has 1 aromatic rings. The Hall–Kier alpha value is -1.29. The van der Waals surface area contributed by atoms with Crippen LogP contribution in [0.4, 0.5) is 0 Å².